The Morgan fingerprint density at radius 3 is 3.05 bits per heavy atom. The number of fused-ring (bicyclic) bond motifs is 1. The number of para-hydroxylation sites is 1. The van der Waals surface area contributed by atoms with Gasteiger partial charge in [0.1, 0.15) is 11.9 Å². The quantitative estimate of drug-likeness (QED) is 0.788. The standard InChI is InChI=1S/C16H18N2O2S2/c1-11-9-21-16(17-11)22-10-15(19)18(2)8-13-7-12-5-3-4-6-14(12)20-13/h3-6,9,13H,7-8,10H2,1-2H3. The molecule has 0 bridgehead atoms. The maximum Gasteiger partial charge on any atom is 0.232 e. The number of ether oxygens (including phenoxy) is 1. The van der Waals surface area contributed by atoms with Crippen molar-refractivity contribution in [3.63, 3.8) is 0 Å². The Hall–Kier alpha value is -1.53. The van der Waals surface area contributed by atoms with Crippen molar-refractivity contribution in [2.45, 2.75) is 23.8 Å². The zero-order chi connectivity index (χ0) is 15.5. The van der Waals surface area contributed by atoms with Gasteiger partial charge in [-0.25, -0.2) is 4.98 Å². The average Bonchev–Trinajstić information content (AvgIpc) is 3.09. The van der Waals surface area contributed by atoms with Gasteiger partial charge in [0.05, 0.1) is 12.3 Å². The summed E-state index contributed by atoms with van der Waals surface area (Å²) < 4.78 is 6.83. The summed E-state index contributed by atoms with van der Waals surface area (Å²) in [5.74, 6) is 1.47. The van der Waals surface area contributed by atoms with Crippen molar-refractivity contribution >= 4 is 29.0 Å². The fourth-order valence-electron chi connectivity index (χ4n) is 2.40. The van der Waals surface area contributed by atoms with Gasteiger partial charge in [0, 0.05) is 24.5 Å². The van der Waals surface area contributed by atoms with E-state index in [9.17, 15) is 4.79 Å². The number of benzene rings is 1. The molecule has 3 rings (SSSR count). The SMILES string of the molecule is Cc1csc(SCC(=O)N(C)CC2Cc3ccccc3O2)n1. The van der Waals surface area contributed by atoms with Crippen LogP contribution in [-0.2, 0) is 11.2 Å². The predicted molar refractivity (Wildman–Crippen MR) is 89.8 cm³/mol. The molecule has 22 heavy (non-hydrogen) atoms. The first-order valence-electron chi connectivity index (χ1n) is 7.15. The molecule has 0 radical (unpaired) electrons. The maximum atomic E-state index is 12.2. The highest BCUT2D eigenvalue weighted by Crippen LogP contribution is 2.28. The molecule has 1 aliphatic rings. The zero-order valence-electron chi connectivity index (χ0n) is 12.6. The summed E-state index contributed by atoms with van der Waals surface area (Å²) in [7, 11) is 1.84. The minimum absolute atomic E-state index is 0.0541. The molecule has 1 unspecified atom stereocenters. The van der Waals surface area contributed by atoms with Gasteiger partial charge in [0.2, 0.25) is 5.91 Å². The topological polar surface area (TPSA) is 42.4 Å². The second-order valence-electron chi connectivity index (χ2n) is 5.37. The van der Waals surface area contributed by atoms with E-state index in [1.165, 1.54) is 17.3 Å². The van der Waals surface area contributed by atoms with Crippen molar-refractivity contribution < 1.29 is 9.53 Å². The van der Waals surface area contributed by atoms with Gasteiger partial charge in [-0.05, 0) is 18.6 Å². The Bertz CT molecular complexity index is 647. The van der Waals surface area contributed by atoms with E-state index in [0.29, 0.717) is 12.3 Å². The van der Waals surface area contributed by atoms with Crippen LogP contribution in [-0.4, -0.2) is 41.2 Å². The third-order valence-electron chi connectivity index (χ3n) is 3.53. The molecular weight excluding hydrogens is 316 g/mol. The van der Waals surface area contributed by atoms with Crippen LogP contribution in [0.1, 0.15) is 11.3 Å². The number of carbonyl (C=O) groups is 1. The minimum atomic E-state index is 0.0541. The Morgan fingerprint density at radius 1 is 1.50 bits per heavy atom. The fraction of sp³-hybridized carbons (Fsp3) is 0.375. The number of aromatic nitrogens is 1. The lowest BCUT2D eigenvalue weighted by molar-refractivity contribution is -0.128. The van der Waals surface area contributed by atoms with Gasteiger partial charge in [-0.3, -0.25) is 4.79 Å². The minimum Gasteiger partial charge on any atom is -0.488 e. The molecule has 1 aromatic heterocycles. The van der Waals surface area contributed by atoms with Crippen LogP contribution in [0.3, 0.4) is 0 Å². The summed E-state index contributed by atoms with van der Waals surface area (Å²) in [6, 6.07) is 8.06. The highest BCUT2D eigenvalue weighted by Gasteiger charge is 2.25. The third kappa shape index (κ3) is 3.62. The number of likely N-dealkylation sites (N-methyl/N-ethyl adjacent to an activating group) is 1. The van der Waals surface area contributed by atoms with Crippen molar-refractivity contribution in [3.05, 3.63) is 40.9 Å². The van der Waals surface area contributed by atoms with Gasteiger partial charge in [0.25, 0.3) is 0 Å². The van der Waals surface area contributed by atoms with E-state index >= 15 is 0 Å². The molecule has 1 amide bonds. The van der Waals surface area contributed by atoms with Gasteiger partial charge >= 0.3 is 0 Å². The number of hydrogen-bond donors (Lipinski definition) is 0. The number of rotatable bonds is 5. The van der Waals surface area contributed by atoms with Crippen LogP contribution < -0.4 is 4.74 Å². The van der Waals surface area contributed by atoms with Crippen LogP contribution >= 0.6 is 23.1 Å². The molecule has 2 aromatic rings. The molecule has 0 saturated carbocycles. The number of carbonyl (C=O) groups excluding carboxylic acids is 1. The lowest BCUT2D eigenvalue weighted by atomic mass is 10.1. The van der Waals surface area contributed by atoms with E-state index in [-0.39, 0.29) is 12.0 Å². The first-order chi connectivity index (χ1) is 10.6. The van der Waals surface area contributed by atoms with E-state index in [4.69, 9.17) is 4.74 Å². The van der Waals surface area contributed by atoms with E-state index in [1.807, 2.05) is 37.6 Å². The van der Waals surface area contributed by atoms with Crippen molar-refractivity contribution in [3.8, 4) is 5.75 Å². The molecule has 0 saturated heterocycles. The molecule has 1 atom stereocenters. The van der Waals surface area contributed by atoms with Gasteiger partial charge in [-0.15, -0.1) is 11.3 Å². The summed E-state index contributed by atoms with van der Waals surface area (Å²) in [5, 5.41) is 2.00. The molecule has 6 heteroatoms. The van der Waals surface area contributed by atoms with E-state index < -0.39 is 0 Å². The van der Waals surface area contributed by atoms with Crippen LogP contribution in [0.4, 0.5) is 0 Å². The monoisotopic (exact) mass is 334 g/mol. The first-order valence-corrected chi connectivity index (χ1v) is 9.02. The van der Waals surface area contributed by atoms with E-state index in [2.05, 4.69) is 11.1 Å². The van der Waals surface area contributed by atoms with Gasteiger partial charge in [-0.2, -0.15) is 0 Å². The summed E-state index contributed by atoms with van der Waals surface area (Å²) in [5.41, 5.74) is 2.23. The average molecular weight is 334 g/mol. The molecule has 116 valence electrons. The van der Waals surface area contributed by atoms with E-state index in [1.54, 1.807) is 16.2 Å². The second-order valence-corrected chi connectivity index (χ2v) is 7.45. The summed E-state index contributed by atoms with van der Waals surface area (Å²) in [4.78, 5) is 18.3. The lowest BCUT2D eigenvalue weighted by Crippen LogP contribution is -2.37. The molecule has 1 aromatic carbocycles. The Morgan fingerprint density at radius 2 is 2.32 bits per heavy atom. The highest BCUT2D eigenvalue weighted by molar-refractivity contribution is 8.01. The number of hydrogen-bond acceptors (Lipinski definition) is 5. The number of amides is 1. The van der Waals surface area contributed by atoms with Gasteiger partial charge in [0.15, 0.2) is 4.34 Å². The van der Waals surface area contributed by atoms with Crippen molar-refractivity contribution in [1.82, 2.24) is 9.88 Å². The van der Waals surface area contributed by atoms with Gasteiger partial charge < -0.3 is 9.64 Å². The molecule has 1 aliphatic heterocycles. The summed E-state index contributed by atoms with van der Waals surface area (Å²) in [6.45, 7) is 2.58. The fourth-order valence-corrected chi connectivity index (χ4v) is 4.19. The number of nitrogens with zero attached hydrogens (tertiary/aromatic N) is 2. The molecular formula is C16H18N2O2S2. The molecule has 2 heterocycles. The summed E-state index contributed by atoms with van der Waals surface area (Å²) >= 11 is 3.08. The maximum absolute atomic E-state index is 12.2. The molecule has 0 spiro atoms. The lowest BCUT2D eigenvalue weighted by Gasteiger charge is -2.20. The predicted octanol–water partition coefficient (Wildman–Crippen LogP) is 3.01. The Kier molecular flexibility index (Phi) is 4.69. The molecule has 0 N–H and O–H groups in total. The smallest absolute Gasteiger partial charge is 0.232 e. The van der Waals surface area contributed by atoms with Crippen LogP contribution in [0.2, 0.25) is 0 Å². The normalized spacial score (nSPS) is 16.2. The Balaban J connectivity index is 1.48. The third-order valence-corrected chi connectivity index (χ3v) is 5.66. The summed E-state index contributed by atoms with van der Waals surface area (Å²) in [6.07, 6.45) is 0.922. The zero-order valence-corrected chi connectivity index (χ0v) is 14.2. The number of thioether (sulfide) groups is 1. The molecule has 0 aliphatic carbocycles. The van der Waals surface area contributed by atoms with Crippen molar-refractivity contribution in [1.29, 1.82) is 0 Å². The number of thiazole rings is 1. The van der Waals surface area contributed by atoms with Crippen molar-refractivity contribution in [2.75, 3.05) is 19.3 Å². The van der Waals surface area contributed by atoms with Crippen molar-refractivity contribution in [2.24, 2.45) is 0 Å². The highest BCUT2D eigenvalue weighted by atomic mass is 32.2. The molecule has 0 fully saturated rings. The first kappa shape index (κ1) is 15.4. The van der Waals surface area contributed by atoms with Gasteiger partial charge in [-0.1, -0.05) is 30.0 Å². The van der Waals surface area contributed by atoms with Crippen LogP contribution in [0.5, 0.6) is 5.75 Å². The molecule has 4 nitrogen and oxygen atoms in total. The van der Waals surface area contributed by atoms with Crippen LogP contribution in [0.25, 0.3) is 0 Å². The Labute approximate surface area is 138 Å². The van der Waals surface area contributed by atoms with Crippen LogP contribution in [0.15, 0.2) is 34.0 Å². The number of aryl methyl sites for hydroxylation is 1. The van der Waals surface area contributed by atoms with E-state index in [0.717, 1.165) is 22.2 Å². The van der Waals surface area contributed by atoms with Crippen LogP contribution in [0, 0.1) is 6.92 Å². The largest absolute Gasteiger partial charge is 0.488 e. The second kappa shape index (κ2) is 6.71.